The largest absolute Gasteiger partial charge is 0.464 e. The quantitative estimate of drug-likeness (QED) is 0.585. The van der Waals surface area contributed by atoms with Gasteiger partial charge in [0.1, 0.15) is 5.70 Å². The molecule has 0 aliphatic carbocycles. The van der Waals surface area contributed by atoms with Gasteiger partial charge in [0.2, 0.25) is 0 Å². The van der Waals surface area contributed by atoms with Crippen LogP contribution in [0.3, 0.4) is 0 Å². The highest BCUT2D eigenvalue weighted by Crippen LogP contribution is 2.19. The molecule has 0 heterocycles. The number of amides is 1. The molecule has 0 saturated heterocycles. The molecule has 0 bridgehead atoms. The van der Waals surface area contributed by atoms with Crippen LogP contribution in [0.5, 0.6) is 0 Å². The van der Waals surface area contributed by atoms with Gasteiger partial charge in [0, 0.05) is 5.56 Å². The maximum atomic E-state index is 12.7. The van der Waals surface area contributed by atoms with Gasteiger partial charge in [-0.2, -0.15) is 0 Å². The monoisotopic (exact) mass is 331 g/mol. The zero-order chi connectivity index (χ0) is 17.6. The highest BCUT2D eigenvalue weighted by Gasteiger charge is 2.16. The number of hydrogen-bond donors (Lipinski definition) is 1. The molecule has 1 amide bonds. The Hall–Kier alpha value is -3.40. The van der Waals surface area contributed by atoms with E-state index in [4.69, 9.17) is 4.74 Å². The molecule has 3 aromatic carbocycles. The summed E-state index contributed by atoms with van der Waals surface area (Å²) in [6.45, 7) is 0. The van der Waals surface area contributed by atoms with Gasteiger partial charge >= 0.3 is 5.97 Å². The van der Waals surface area contributed by atoms with Crippen LogP contribution in [0.25, 0.3) is 16.8 Å². The second-order valence-electron chi connectivity index (χ2n) is 5.44. The van der Waals surface area contributed by atoms with Crippen molar-refractivity contribution < 1.29 is 14.3 Å². The number of esters is 1. The molecule has 0 fully saturated rings. The van der Waals surface area contributed by atoms with Crippen LogP contribution in [0.15, 0.2) is 78.5 Å². The third-order valence-corrected chi connectivity index (χ3v) is 3.80. The van der Waals surface area contributed by atoms with Crippen molar-refractivity contribution in [2.24, 2.45) is 0 Å². The van der Waals surface area contributed by atoms with Gasteiger partial charge in [-0.25, -0.2) is 4.79 Å². The van der Waals surface area contributed by atoms with Crippen LogP contribution in [0, 0.1) is 0 Å². The fourth-order valence-corrected chi connectivity index (χ4v) is 2.58. The average Bonchev–Trinajstić information content (AvgIpc) is 2.67. The molecule has 3 aromatic rings. The normalized spacial score (nSPS) is 11.2. The fraction of sp³-hybridized carbons (Fsp3) is 0.0476. The van der Waals surface area contributed by atoms with Gasteiger partial charge in [0.25, 0.3) is 5.91 Å². The Balaban J connectivity index is 1.95. The first kappa shape index (κ1) is 16.5. The molecule has 4 nitrogen and oxygen atoms in total. The van der Waals surface area contributed by atoms with Gasteiger partial charge in [0.15, 0.2) is 0 Å². The Morgan fingerprint density at radius 3 is 2.32 bits per heavy atom. The van der Waals surface area contributed by atoms with Crippen LogP contribution in [-0.2, 0) is 9.53 Å². The number of rotatable bonds is 4. The molecule has 0 radical (unpaired) electrons. The Labute approximate surface area is 145 Å². The van der Waals surface area contributed by atoms with Gasteiger partial charge in [-0.1, -0.05) is 66.7 Å². The summed E-state index contributed by atoms with van der Waals surface area (Å²) in [6, 6.07) is 22.4. The van der Waals surface area contributed by atoms with Crippen molar-refractivity contribution in [3.8, 4) is 0 Å². The summed E-state index contributed by atoms with van der Waals surface area (Å²) in [5, 5.41) is 4.46. The predicted octanol–water partition coefficient (Wildman–Crippen LogP) is 3.78. The van der Waals surface area contributed by atoms with E-state index in [0.29, 0.717) is 5.56 Å². The molecular formula is C21H17NO3. The molecule has 0 unspecified atom stereocenters. The van der Waals surface area contributed by atoms with E-state index < -0.39 is 5.97 Å². The number of carbonyl (C=O) groups is 2. The standard InChI is InChI=1S/C21H17NO3/c1-25-21(24)19(14-15-8-3-2-4-9-15)22-20(23)18-13-7-11-16-10-5-6-12-17(16)18/h2-14H,1H3,(H,22,23). The number of benzene rings is 3. The van der Waals surface area contributed by atoms with Gasteiger partial charge in [-0.05, 0) is 28.5 Å². The SMILES string of the molecule is COC(=O)C(=Cc1ccccc1)NC(=O)c1cccc2ccccc12. The second kappa shape index (κ2) is 7.45. The van der Waals surface area contributed by atoms with Crippen molar-refractivity contribution in [1.82, 2.24) is 5.32 Å². The van der Waals surface area contributed by atoms with Crippen LogP contribution in [0.1, 0.15) is 15.9 Å². The topological polar surface area (TPSA) is 55.4 Å². The van der Waals surface area contributed by atoms with E-state index in [0.717, 1.165) is 16.3 Å². The Bertz CT molecular complexity index is 940. The summed E-state index contributed by atoms with van der Waals surface area (Å²) in [5.74, 6) is -0.957. The number of methoxy groups -OCH3 is 1. The van der Waals surface area contributed by atoms with E-state index in [9.17, 15) is 9.59 Å². The van der Waals surface area contributed by atoms with Crippen LogP contribution in [0.2, 0.25) is 0 Å². The van der Waals surface area contributed by atoms with E-state index in [1.807, 2.05) is 66.7 Å². The molecule has 1 N–H and O–H groups in total. The maximum absolute atomic E-state index is 12.7. The van der Waals surface area contributed by atoms with Crippen molar-refractivity contribution in [3.05, 3.63) is 89.6 Å². The molecule has 0 aliphatic rings. The van der Waals surface area contributed by atoms with Gasteiger partial charge in [-0.3, -0.25) is 4.79 Å². The van der Waals surface area contributed by atoms with Crippen LogP contribution in [0.4, 0.5) is 0 Å². The maximum Gasteiger partial charge on any atom is 0.354 e. The Morgan fingerprint density at radius 2 is 1.56 bits per heavy atom. The summed E-state index contributed by atoms with van der Waals surface area (Å²) in [5.41, 5.74) is 1.38. The van der Waals surface area contributed by atoms with E-state index in [-0.39, 0.29) is 11.6 Å². The summed E-state index contributed by atoms with van der Waals surface area (Å²) >= 11 is 0. The minimum atomic E-state index is -0.600. The highest BCUT2D eigenvalue weighted by molar-refractivity contribution is 6.10. The zero-order valence-corrected chi connectivity index (χ0v) is 13.7. The lowest BCUT2D eigenvalue weighted by atomic mass is 10.0. The summed E-state index contributed by atoms with van der Waals surface area (Å²) in [6.07, 6.45) is 1.59. The van der Waals surface area contributed by atoms with Gasteiger partial charge in [0.05, 0.1) is 7.11 Å². The lowest BCUT2D eigenvalue weighted by Crippen LogP contribution is -2.28. The van der Waals surface area contributed by atoms with Crippen molar-refractivity contribution in [3.63, 3.8) is 0 Å². The van der Waals surface area contributed by atoms with Crippen molar-refractivity contribution in [2.75, 3.05) is 7.11 Å². The molecule has 0 aliphatic heterocycles. The Kier molecular flexibility index (Phi) is 4.90. The Morgan fingerprint density at radius 1 is 0.880 bits per heavy atom. The number of hydrogen-bond acceptors (Lipinski definition) is 3. The molecule has 4 heteroatoms. The average molecular weight is 331 g/mol. The van der Waals surface area contributed by atoms with Gasteiger partial charge in [-0.15, -0.1) is 0 Å². The van der Waals surface area contributed by atoms with E-state index in [1.165, 1.54) is 7.11 Å². The van der Waals surface area contributed by atoms with Crippen molar-refractivity contribution in [2.45, 2.75) is 0 Å². The lowest BCUT2D eigenvalue weighted by Gasteiger charge is -2.10. The summed E-state index contributed by atoms with van der Waals surface area (Å²) < 4.78 is 4.79. The summed E-state index contributed by atoms with van der Waals surface area (Å²) in [7, 11) is 1.28. The molecule has 25 heavy (non-hydrogen) atoms. The minimum absolute atomic E-state index is 0.0895. The second-order valence-corrected chi connectivity index (χ2v) is 5.44. The number of carbonyl (C=O) groups excluding carboxylic acids is 2. The first-order chi connectivity index (χ1) is 12.2. The van der Waals surface area contributed by atoms with E-state index >= 15 is 0 Å². The third-order valence-electron chi connectivity index (χ3n) is 3.80. The number of nitrogens with one attached hydrogen (secondary N) is 1. The third kappa shape index (κ3) is 3.75. The lowest BCUT2D eigenvalue weighted by molar-refractivity contribution is -0.136. The van der Waals surface area contributed by atoms with E-state index in [1.54, 1.807) is 12.1 Å². The van der Waals surface area contributed by atoms with Crippen LogP contribution in [-0.4, -0.2) is 19.0 Å². The molecule has 0 aromatic heterocycles. The fourth-order valence-electron chi connectivity index (χ4n) is 2.58. The van der Waals surface area contributed by atoms with E-state index in [2.05, 4.69) is 5.32 Å². The number of fused-ring (bicyclic) bond motifs is 1. The minimum Gasteiger partial charge on any atom is -0.464 e. The van der Waals surface area contributed by atoms with Crippen molar-refractivity contribution >= 4 is 28.7 Å². The molecule has 0 saturated carbocycles. The first-order valence-electron chi connectivity index (χ1n) is 7.83. The predicted molar refractivity (Wildman–Crippen MR) is 97.8 cm³/mol. The molecular weight excluding hydrogens is 314 g/mol. The molecule has 0 spiro atoms. The highest BCUT2D eigenvalue weighted by atomic mass is 16.5. The summed E-state index contributed by atoms with van der Waals surface area (Å²) in [4.78, 5) is 24.8. The molecule has 124 valence electrons. The number of ether oxygens (including phenoxy) is 1. The molecule has 0 atom stereocenters. The zero-order valence-electron chi connectivity index (χ0n) is 13.7. The van der Waals surface area contributed by atoms with Crippen LogP contribution >= 0.6 is 0 Å². The smallest absolute Gasteiger partial charge is 0.354 e. The van der Waals surface area contributed by atoms with Crippen LogP contribution < -0.4 is 5.32 Å². The first-order valence-corrected chi connectivity index (χ1v) is 7.83. The molecule has 3 rings (SSSR count). The van der Waals surface area contributed by atoms with Crippen molar-refractivity contribution in [1.29, 1.82) is 0 Å². The van der Waals surface area contributed by atoms with Gasteiger partial charge < -0.3 is 10.1 Å².